The molecule has 0 atom stereocenters. The van der Waals surface area contributed by atoms with E-state index >= 15 is 0 Å². The summed E-state index contributed by atoms with van der Waals surface area (Å²) in [6.45, 7) is 0. The zero-order valence-electron chi connectivity index (χ0n) is 7.27. The lowest BCUT2D eigenvalue weighted by atomic mass is 10.5. The molecule has 1 heterocycles. The monoisotopic (exact) mass is 183 g/mol. The van der Waals surface area contributed by atoms with Crippen LogP contribution in [0.3, 0.4) is 0 Å². The minimum Gasteiger partial charge on any atom is -0.468 e. The third-order valence-electron chi connectivity index (χ3n) is 1.48. The molecule has 0 unspecified atom stereocenters. The second-order valence-electron chi connectivity index (χ2n) is 2.29. The molecule has 13 heavy (non-hydrogen) atoms. The van der Waals surface area contributed by atoms with Crippen LogP contribution in [-0.4, -0.2) is 23.1 Å². The van der Waals surface area contributed by atoms with Gasteiger partial charge in [0.15, 0.2) is 0 Å². The summed E-state index contributed by atoms with van der Waals surface area (Å²) in [4.78, 5) is 25.1. The number of carbonyl (C=O) groups excluding carboxylic acids is 1. The van der Waals surface area contributed by atoms with Gasteiger partial charge in [0.05, 0.1) is 7.11 Å². The van der Waals surface area contributed by atoms with E-state index < -0.39 is 0 Å². The summed E-state index contributed by atoms with van der Waals surface area (Å²) in [5.41, 5.74) is -0.295. The number of rotatable bonds is 3. The number of nitrogens with zero attached hydrogens (tertiary/aromatic N) is 2. The van der Waals surface area contributed by atoms with Crippen molar-refractivity contribution >= 4 is 12.2 Å². The molecule has 1 amide bonds. The second-order valence-corrected chi connectivity index (χ2v) is 2.29. The number of amides is 1. The highest BCUT2D eigenvalue weighted by Gasteiger charge is 2.03. The number of carbonyl (C=O) groups is 1. The van der Waals surface area contributed by atoms with Gasteiger partial charge in [-0.25, -0.2) is 0 Å². The summed E-state index contributed by atoms with van der Waals surface area (Å²) in [6, 6.07) is 1.36. The van der Waals surface area contributed by atoms with E-state index in [2.05, 4.69) is 10.3 Å². The Morgan fingerprint density at radius 2 is 2.38 bits per heavy atom. The van der Waals surface area contributed by atoms with Gasteiger partial charge in [0, 0.05) is 13.1 Å². The minimum absolute atomic E-state index is 0.150. The summed E-state index contributed by atoms with van der Waals surface area (Å²) < 4.78 is 6.04. The van der Waals surface area contributed by atoms with E-state index in [0.29, 0.717) is 6.41 Å². The first-order chi connectivity index (χ1) is 6.19. The topological polar surface area (TPSA) is 73.2 Å². The molecule has 0 fully saturated rings. The van der Waals surface area contributed by atoms with Crippen molar-refractivity contribution in [2.45, 2.75) is 0 Å². The van der Waals surface area contributed by atoms with Crippen LogP contribution in [0.2, 0.25) is 0 Å². The first-order valence-electron chi connectivity index (χ1n) is 3.51. The lowest BCUT2D eigenvalue weighted by Gasteiger charge is -2.05. The molecule has 0 saturated heterocycles. The van der Waals surface area contributed by atoms with Gasteiger partial charge in [-0.2, -0.15) is 4.98 Å². The Morgan fingerprint density at radius 3 is 2.92 bits per heavy atom. The number of nitrogens with one attached hydrogen (secondary N) is 1. The zero-order valence-corrected chi connectivity index (χ0v) is 7.27. The van der Waals surface area contributed by atoms with Crippen LogP contribution in [0.1, 0.15) is 0 Å². The van der Waals surface area contributed by atoms with Crippen LogP contribution >= 0.6 is 0 Å². The fraction of sp³-hybridized carbons (Fsp3) is 0.286. The molecule has 0 aliphatic rings. The Balaban J connectivity index is 3.21. The standard InChI is InChI=1S/C7H9N3O3/c1-10-6(12)3-5(8-4-11)9-7(10)13-2/h3-4H,1-2H3,(H,8,11). The predicted octanol–water partition coefficient (Wildman–Crippen LogP) is -0.643. The van der Waals surface area contributed by atoms with E-state index in [1.54, 1.807) is 0 Å². The van der Waals surface area contributed by atoms with Crippen LogP contribution < -0.4 is 15.6 Å². The Bertz CT molecular complexity index is 372. The fourth-order valence-electron chi connectivity index (χ4n) is 0.835. The number of hydrogen-bond acceptors (Lipinski definition) is 4. The lowest BCUT2D eigenvalue weighted by molar-refractivity contribution is -0.105. The molecule has 0 radical (unpaired) electrons. The second kappa shape index (κ2) is 3.70. The first kappa shape index (κ1) is 9.24. The molecule has 70 valence electrons. The third kappa shape index (κ3) is 1.84. The predicted molar refractivity (Wildman–Crippen MR) is 45.7 cm³/mol. The van der Waals surface area contributed by atoms with Gasteiger partial charge in [-0.15, -0.1) is 0 Å². The van der Waals surface area contributed by atoms with Gasteiger partial charge in [-0.1, -0.05) is 0 Å². The molecule has 1 aromatic rings. The van der Waals surface area contributed by atoms with Crippen LogP contribution in [-0.2, 0) is 11.8 Å². The van der Waals surface area contributed by atoms with Gasteiger partial charge in [-0.3, -0.25) is 14.2 Å². The molecule has 1 aromatic heterocycles. The third-order valence-corrected chi connectivity index (χ3v) is 1.48. The molecule has 1 N–H and O–H groups in total. The van der Waals surface area contributed by atoms with E-state index in [0.717, 1.165) is 0 Å². The highest BCUT2D eigenvalue weighted by atomic mass is 16.5. The van der Waals surface area contributed by atoms with Crippen molar-refractivity contribution in [2.24, 2.45) is 7.05 Å². The van der Waals surface area contributed by atoms with E-state index in [1.165, 1.54) is 24.8 Å². The smallest absolute Gasteiger partial charge is 0.300 e. The Hall–Kier alpha value is -1.85. The van der Waals surface area contributed by atoms with Gasteiger partial charge < -0.3 is 10.1 Å². The van der Waals surface area contributed by atoms with Crippen molar-refractivity contribution in [3.63, 3.8) is 0 Å². The quantitative estimate of drug-likeness (QED) is 0.632. The normalized spacial score (nSPS) is 9.38. The Kier molecular flexibility index (Phi) is 2.63. The van der Waals surface area contributed by atoms with Crippen molar-refractivity contribution in [3.05, 3.63) is 16.4 Å². The van der Waals surface area contributed by atoms with Crippen LogP contribution in [0.15, 0.2) is 10.9 Å². The lowest BCUT2D eigenvalue weighted by Crippen LogP contribution is -2.19. The van der Waals surface area contributed by atoms with Crippen LogP contribution in [0.4, 0.5) is 5.82 Å². The van der Waals surface area contributed by atoms with E-state index in [4.69, 9.17) is 4.74 Å². The molecule has 0 aliphatic heterocycles. The maximum absolute atomic E-state index is 11.2. The average molecular weight is 183 g/mol. The Morgan fingerprint density at radius 1 is 1.69 bits per heavy atom. The number of methoxy groups -OCH3 is 1. The maximum Gasteiger partial charge on any atom is 0.300 e. The molecule has 0 aromatic carbocycles. The van der Waals surface area contributed by atoms with Gasteiger partial charge >= 0.3 is 6.01 Å². The molecule has 0 aliphatic carbocycles. The largest absolute Gasteiger partial charge is 0.468 e. The van der Waals surface area contributed by atoms with E-state index in [1.807, 2.05) is 0 Å². The van der Waals surface area contributed by atoms with Gasteiger partial charge in [0.25, 0.3) is 5.56 Å². The van der Waals surface area contributed by atoms with E-state index in [-0.39, 0.29) is 17.4 Å². The number of hydrogen-bond donors (Lipinski definition) is 1. The minimum atomic E-state index is -0.295. The highest BCUT2D eigenvalue weighted by molar-refractivity contribution is 5.68. The highest BCUT2D eigenvalue weighted by Crippen LogP contribution is 2.05. The van der Waals surface area contributed by atoms with Gasteiger partial charge in [-0.05, 0) is 0 Å². The number of ether oxygens (including phenoxy) is 1. The van der Waals surface area contributed by atoms with Gasteiger partial charge in [0.2, 0.25) is 6.41 Å². The maximum atomic E-state index is 11.2. The van der Waals surface area contributed by atoms with Crippen molar-refractivity contribution < 1.29 is 9.53 Å². The summed E-state index contributed by atoms with van der Waals surface area (Å²) in [7, 11) is 2.92. The SMILES string of the molecule is COc1nc(NC=O)cc(=O)n1C. The van der Waals surface area contributed by atoms with Crippen molar-refractivity contribution in [1.82, 2.24) is 9.55 Å². The summed E-state index contributed by atoms with van der Waals surface area (Å²) in [5.74, 6) is 0.176. The molecular formula is C7H9N3O3. The molecule has 0 bridgehead atoms. The summed E-state index contributed by atoms with van der Waals surface area (Å²) >= 11 is 0. The van der Waals surface area contributed by atoms with Gasteiger partial charge in [0.1, 0.15) is 5.82 Å². The van der Waals surface area contributed by atoms with Crippen LogP contribution in [0, 0.1) is 0 Å². The van der Waals surface area contributed by atoms with Crippen LogP contribution in [0.5, 0.6) is 6.01 Å². The van der Waals surface area contributed by atoms with E-state index in [9.17, 15) is 9.59 Å². The molecule has 6 nitrogen and oxygen atoms in total. The van der Waals surface area contributed by atoms with Crippen molar-refractivity contribution in [2.75, 3.05) is 12.4 Å². The van der Waals surface area contributed by atoms with Crippen molar-refractivity contribution in [1.29, 1.82) is 0 Å². The number of aromatic nitrogens is 2. The van der Waals surface area contributed by atoms with Crippen LogP contribution in [0.25, 0.3) is 0 Å². The number of anilines is 1. The first-order valence-corrected chi connectivity index (χ1v) is 3.51. The molecular weight excluding hydrogens is 174 g/mol. The summed E-state index contributed by atoms with van der Waals surface area (Å²) in [5, 5.41) is 2.27. The average Bonchev–Trinajstić information content (AvgIpc) is 2.11. The molecule has 0 spiro atoms. The fourth-order valence-corrected chi connectivity index (χ4v) is 0.835. The molecule has 6 heteroatoms. The van der Waals surface area contributed by atoms with Crippen molar-refractivity contribution in [3.8, 4) is 6.01 Å². The molecule has 0 saturated carbocycles. The molecule has 1 rings (SSSR count). The Labute approximate surface area is 74.2 Å². The zero-order chi connectivity index (χ0) is 9.84. The summed E-state index contributed by atoms with van der Waals surface area (Å²) in [6.07, 6.45) is 0.446.